The molecule has 0 unspecified atom stereocenters. The van der Waals surface area contributed by atoms with Gasteiger partial charge >= 0.3 is 0 Å². The Bertz CT molecular complexity index is 494. The van der Waals surface area contributed by atoms with Gasteiger partial charge in [0.25, 0.3) is 0 Å². The number of rotatable bonds is 5. The molecule has 0 saturated carbocycles. The van der Waals surface area contributed by atoms with Crippen LogP contribution in [0, 0.1) is 0 Å². The highest BCUT2D eigenvalue weighted by Crippen LogP contribution is 2.17. The van der Waals surface area contributed by atoms with Crippen LogP contribution in [0.3, 0.4) is 0 Å². The van der Waals surface area contributed by atoms with E-state index in [0.717, 1.165) is 5.69 Å². The maximum absolute atomic E-state index is 12.1. The highest BCUT2D eigenvalue weighted by Gasteiger charge is 2.23. The van der Waals surface area contributed by atoms with Gasteiger partial charge in [0.15, 0.2) is 9.84 Å². The van der Waals surface area contributed by atoms with Gasteiger partial charge in [0, 0.05) is 17.5 Å². The minimum atomic E-state index is -3.30. The molecule has 0 heterocycles. The second-order valence-electron chi connectivity index (χ2n) is 4.37. The average molecular weight is 269 g/mol. The van der Waals surface area contributed by atoms with Gasteiger partial charge in [-0.05, 0) is 26.0 Å². The summed E-state index contributed by atoms with van der Waals surface area (Å²) in [6.45, 7) is 5.28. The predicted octanol–water partition coefficient (Wildman–Crippen LogP) is 1.86. The number of hydrogen-bond acceptors (Lipinski definition) is 3. The Morgan fingerprint density at radius 1 is 1.22 bits per heavy atom. The first-order chi connectivity index (χ1) is 8.37. The van der Waals surface area contributed by atoms with Crippen molar-refractivity contribution in [2.45, 2.75) is 26.8 Å². The zero-order valence-corrected chi connectivity index (χ0v) is 11.8. The monoisotopic (exact) mass is 269 g/mol. The summed E-state index contributed by atoms with van der Waals surface area (Å²) in [5, 5.41) is 0. The van der Waals surface area contributed by atoms with Crippen molar-refractivity contribution in [2.75, 3.05) is 16.4 Å². The molecule has 0 aliphatic heterocycles. The Kier molecular flexibility index (Phi) is 4.90. The van der Waals surface area contributed by atoms with Crippen molar-refractivity contribution in [2.24, 2.45) is 0 Å². The Hall–Kier alpha value is -1.36. The minimum absolute atomic E-state index is 0.0144. The average Bonchev–Trinajstić information content (AvgIpc) is 2.29. The van der Waals surface area contributed by atoms with Crippen LogP contribution in [0.25, 0.3) is 0 Å². The van der Waals surface area contributed by atoms with E-state index in [2.05, 4.69) is 0 Å². The fraction of sp³-hybridized carbons (Fsp3) is 0.462. The molecule has 0 fully saturated rings. The van der Waals surface area contributed by atoms with Crippen molar-refractivity contribution in [3.63, 3.8) is 0 Å². The fourth-order valence-electron chi connectivity index (χ4n) is 1.68. The molecular weight excluding hydrogens is 250 g/mol. The molecule has 0 aliphatic carbocycles. The number of benzene rings is 1. The maximum Gasteiger partial charge on any atom is 0.242 e. The van der Waals surface area contributed by atoms with Crippen LogP contribution in [0.1, 0.15) is 20.8 Å². The van der Waals surface area contributed by atoms with Crippen LogP contribution in [-0.4, -0.2) is 31.9 Å². The molecule has 0 saturated heterocycles. The number of amides is 1. The van der Waals surface area contributed by atoms with Gasteiger partial charge in [0.05, 0.1) is 0 Å². The number of anilines is 1. The van der Waals surface area contributed by atoms with E-state index in [1.165, 1.54) is 4.90 Å². The standard InChI is InChI=1S/C13H19NO3S/c1-4-18(16,17)10-13(15)14(11(2)3)12-8-6-5-7-9-12/h5-9,11H,4,10H2,1-3H3. The van der Waals surface area contributed by atoms with Crippen molar-refractivity contribution in [1.29, 1.82) is 0 Å². The Labute approximate surface area is 109 Å². The molecule has 5 heteroatoms. The van der Waals surface area contributed by atoms with Crippen molar-refractivity contribution >= 4 is 21.4 Å². The Morgan fingerprint density at radius 3 is 2.22 bits per heavy atom. The SMILES string of the molecule is CCS(=O)(=O)CC(=O)N(c1ccccc1)C(C)C. The zero-order chi connectivity index (χ0) is 13.8. The molecule has 0 aliphatic rings. The van der Waals surface area contributed by atoms with Crippen LogP contribution in [0.5, 0.6) is 0 Å². The third-order valence-corrected chi connectivity index (χ3v) is 4.17. The summed E-state index contributed by atoms with van der Waals surface area (Å²) in [4.78, 5) is 13.6. The van der Waals surface area contributed by atoms with Gasteiger partial charge in [-0.15, -0.1) is 0 Å². The van der Waals surface area contributed by atoms with E-state index in [0.29, 0.717) is 0 Å². The molecule has 0 aromatic heterocycles. The van der Waals surface area contributed by atoms with Crippen LogP contribution in [0.15, 0.2) is 30.3 Å². The van der Waals surface area contributed by atoms with Gasteiger partial charge in [-0.2, -0.15) is 0 Å². The number of nitrogens with zero attached hydrogens (tertiary/aromatic N) is 1. The number of para-hydroxylation sites is 1. The van der Waals surface area contributed by atoms with E-state index in [-0.39, 0.29) is 17.7 Å². The molecule has 1 aromatic rings. The number of carbonyl (C=O) groups is 1. The summed E-state index contributed by atoms with van der Waals surface area (Å²) in [5.74, 6) is -0.825. The summed E-state index contributed by atoms with van der Waals surface area (Å²) < 4.78 is 23.0. The molecule has 0 spiro atoms. The van der Waals surface area contributed by atoms with E-state index < -0.39 is 15.6 Å². The normalized spacial score (nSPS) is 11.6. The van der Waals surface area contributed by atoms with Crippen LogP contribution in [-0.2, 0) is 14.6 Å². The van der Waals surface area contributed by atoms with Gasteiger partial charge in [-0.1, -0.05) is 25.1 Å². The highest BCUT2D eigenvalue weighted by molar-refractivity contribution is 7.92. The molecule has 0 radical (unpaired) electrons. The molecule has 1 amide bonds. The molecule has 18 heavy (non-hydrogen) atoms. The largest absolute Gasteiger partial charge is 0.309 e. The lowest BCUT2D eigenvalue weighted by Crippen LogP contribution is -2.40. The Morgan fingerprint density at radius 2 is 1.78 bits per heavy atom. The fourth-order valence-corrected chi connectivity index (χ4v) is 2.40. The maximum atomic E-state index is 12.1. The van der Waals surface area contributed by atoms with Crippen molar-refractivity contribution in [1.82, 2.24) is 0 Å². The highest BCUT2D eigenvalue weighted by atomic mass is 32.2. The third-order valence-electron chi connectivity index (χ3n) is 2.60. The molecule has 4 nitrogen and oxygen atoms in total. The first kappa shape index (κ1) is 14.7. The molecule has 100 valence electrons. The topological polar surface area (TPSA) is 54.5 Å². The second-order valence-corrected chi connectivity index (χ2v) is 6.72. The number of hydrogen-bond donors (Lipinski definition) is 0. The quantitative estimate of drug-likeness (QED) is 0.820. The van der Waals surface area contributed by atoms with Crippen LogP contribution in [0.2, 0.25) is 0 Å². The van der Waals surface area contributed by atoms with Gasteiger partial charge in [0.1, 0.15) is 5.75 Å². The molecule has 0 N–H and O–H groups in total. The summed E-state index contributed by atoms with van der Waals surface area (Å²) in [6, 6.07) is 9.04. The van der Waals surface area contributed by atoms with E-state index in [9.17, 15) is 13.2 Å². The number of carbonyl (C=O) groups excluding carboxylic acids is 1. The van der Waals surface area contributed by atoms with E-state index in [1.807, 2.05) is 32.0 Å². The van der Waals surface area contributed by atoms with E-state index >= 15 is 0 Å². The minimum Gasteiger partial charge on any atom is -0.309 e. The first-order valence-corrected chi connectivity index (χ1v) is 7.77. The van der Waals surface area contributed by atoms with Crippen molar-refractivity contribution in [3.05, 3.63) is 30.3 Å². The second kappa shape index (κ2) is 6.00. The van der Waals surface area contributed by atoms with E-state index in [1.54, 1.807) is 19.1 Å². The summed E-state index contributed by atoms with van der Waals surface area (Å²) in [7, 11) is -3.30. The lowest BCUT2D eigenvalue weighted by atomic mass is 10.2. The lowest BCUT2D eigenvalue weighted by molar-refractivity contribution is -0.116. The molecule has 1 aromatic carbocycles. The first-order valence-electron chi connectivity index (χ1n) is 5.95. The van der Waals surface area contributed by atoms with Gasteiger partial charge in [0.2, 0.25) is 5.91 Å². The van der Waals surface area contributed by atoms with Crippen molar-refractivity contribution in [3.8, 4) is 0 Å². The summed E-state index contributed by atoms with van der Waals surface area (Å²) in [5.41, 5.74) is 0.726. The molecule has 1 rings (SSSR count). The lowest BCUT2D eigenvalue weighted by Gasteiger charge is -2.26. The van der Waals surface area contributed by atoms with Gasteiger partial charge in [-0.3, -0.25) is 4.79 Å². The van der Waals surface area contributed by atoms with Crippen molar-refractivity contribution < 1.29 is 13.2 Å². The molecule has 0 atom stereocenters. The van der Waals surface area contributed by atoms with Crippen LogP contribution < -0.4 is 4.90 Å². The molecular formula is C13H19NO3S. The summed E-state index contributed by atoms with van der Waals surface area (Å²) >= 11 is 0. The molecule has 0 bridgehead atoms. The van der Waals surface area contributed by atoms with E-state index in [4.69, 9.17) is 0 Å². The van der Waals surface area contributed by atoms with Crippen LogP contribution in [0.4, 0.5) is 5.69 Å². The summed E-state index contributed by atoms with van der Waals surface area (Å²) in [6.07, 6.45) is 0. The van der Waals surface area contributed by atoms with Gasteiger partial charge < -0.3 is 4.90 Å². The predicted molar refractivity (Wildman–Crippen MR) is 73.4 cm³/mol. The van der Waals surface area contributed by atoms with Gasteiger partial charge in [-0.25, -0.2) is 8.42 Å². The van der Waals surface area contributed by atoms with Crippen LogP contribution >= 0.6 is 0 Å². The number of sulfone groups is 1. The Balaban J connectivity index is 2.98. The third kappa shape index (κ3) is 3.84. The zero-order valence-electron chi connectivity index (χ0n) is 11.0. The smallest absolute Gasteiger partial charge is 0.242 e.